The lowest BCUT2D eigenvalue weighted by Gasteiger charge is -2.17. The quantitative estimate of drug-likeness (QED) is 0.230. The van der Waals surface area contributed by atoms with E-state index < -0.39 is 73.4 Å². The zero-order valence-corrected chi connectivity index (χ0v) is 20.4. The molecule has 12 heteroatoms. The highest BCUT2D eigenvalue weighted by Gasteiger charge is 2.45. The van der Waals surface area contributed by atoms with Crippen molar-refractivity contribution in [3.05, 3.63) is 35.1 Å². The maximum absolute atomic E-state index is 14.7. The average Bonchev–Trinajstić information content (AvgIpc) is 3.18. The second kappa shape index (κ2) is 10.5. The third-order valence-electron chi connectivity index (χ3n) is 6.12. The van der Waals surface area contributed by atoms with Crippen molar-refractivity contribution < 1.29 is 34.0 Å². The van der Waals surface area contributed by atoms with Gasteiger partial charge >= 0.3 is 0 Å². The number of aliphatic hydroxyl groups excluding tert-OH is 2. The molecule has 2 saturated carbocycles. The molecule has 3 aromatic rings. The number of benzene rings is 1. The molecule has 10 nitrogen and oxygen atoms in total. The molecule has 0 aliphatic heterocycles. The molecule has 36 heavy (non-hydrogen) atoms. The van der Waals surface area contributed by atoms with Crippen molar-refractivity contribution in [2.45, 2.75) is 74.5 Å². The molecule has 0 radical (unpaired) electrons. The highest BCUT2D eigenvalue weighted by Crippen LogP contribution is 2.44. The molecule has 4 N–H and O–H groups in total. The summed E-state index contributed by atoms with van der Waals surface area (Å²) >= 11 is 1.29. The molecular weight excluding hydrogens is 487 g/mol. The number of anilines is 1. The summed E-state index contributed by atoms with van der Waals surface area (Å²) in [5, 5.41) is 42.1. The van der Waals surface area contributed by atoms with Crippen LogP contribution >= 0.6 is 11.8 Å². The molecule has 2 fully saturated rings. The second-order valence-electron chi connectivity index (χ2n) is 8.65. The normalized spacial score (nSPS) is 34.9. The van der Waals surface area contributed by atoms with Gasteiger partial charge in [0.1, 0.15) is 18.0 Å². The van der Waals surface area contributed by atoms with E-state index in [9.17, 15) is 19.7 Å². The van der Waals surface area contributed by atoms with Crippen LogP contribution in [-0.2, 0) is 4.74 Å². The van der Waals surface area contributed by atoms with Crippen molar-refractivity contribution in [2.24, 2.45) is 0 Å². The fourth-order valence-corrected chi connectivity index (χ4v) is 4.82. The first-order valence-electron chi connectivity index (χ1n) is 15.0. The van der Waals surface area contributed by atoms with E-state index in [1.807, 2.05) is 6.92 Å². The Morgan fingerprint density at radius 1 is 1.33 bits per heavy atom. The van der Waals surface area contributed by atoms with Crippen LogP contribution in [0.4, 0.5) is 10.2 Å². The van der Waals surface area contributed by atoms with E-state index in [1.54, 1.807) is 0 Å². The van der Waals surface area contributed by atoms with Gasteiger partial charge in [-0.25, -0.2) is 19.0 Å². The first-order chi connectivity index (χ1) is 20.0. The summed E-state index contributed by atoms with van der Waals surface area (Å²) in [5.41, 5.74) is -0.366. The van der Waals surface area contributed by atoms with Crippen molar-refractivity contribution in [1.29, 1.82) is 0 Å². The topological polar surface area (TPSA) is 138 Å². The predicted octanol–water partition coefficient (Wildman–Crippen LogP) is 2.18. The van der Waals surface area contributed by atoms with Crippen molar-refractivity contribution >= 4 is 28.7 Å². The minimum atomic E-state index is -2.64. The van der Waals surface area contributed by atoms with E-state index in [1.165, 1.54) is 23.4 Å². The van der Waals surface area contributed by atoms with Crippen LogP contribution in [0.3, 0.4) is 0 Å². The Hall–Kier alpha value is -2.38. The number of ether oxygens (including phenoxy) is 1. The molecule has 5 rings (SSSR count). The lowest BCUT2D eigenvalue weighted by atomic mass is 10.1. The third-order valence-corrected chi connectivity index (χ3v) is 7.17. The Bertz CT molecular complexity index is 1540. The molecule has 0 spiro atoms. The zero-order chi connectivity index (χ0) is 31.6. The van der Waals surface area contributed by atoms with Crippen LogP contribution in [0.25, 0.3) is 11.2 Å². The molecule has 0 amide bonds. The molecule has 194 valence electrons. The number of hydrogen-bond donors (Lipinski definition) is 4. The van der Waals surface area contributed by atoms with Gasteiger partial charge in [0.2, 0.25) is 0 Å². The van der Waals surface area contributed by atoms with Gasteiger partial charge in [0.25, 0.3) is 0 Å². The highest BCUT2D eigenvalue weighted by atomic mass is 32.2. The lowest BCUT2D eigenvalue weighted by Crippen LogP contribution is -2.33. The Labute approximate surface area is 222 Å². The molecule has 0 unspecified atom stereocenters. The van der Waals surface area contributed by atoms with Gasteiger partial charge in [0.05, 0.1) is 33.5 Å². The summed E-state index contributed by atoms with van der Waals surface area (Å²) in [5.74, 6) is -2.34. The lowest BCUT2D eigenvalue weighted by molar-refractivity contribution is -0.0629. The maximum atomic E-state index is 14.7. The zero-order valence-electron chi connectivity index (χ0n) is 26.6. The number of fused-ring (bicyclic) bond motifs is 1. The minimum Gasteiger partial charge on any atom is -0.394 e. The minimum absolute atomic E-state index is 0.00466. The number of nitrogens with zero attached hydrogens (tertiary/aromatic N) is 5. The fraction of sp³-hybridized carbons (Fsp3) is 0.583. The summed E-state index contributed by atoms with van der Waals surface area (Å²) in [6.45, 7) is -0.133. The van der Waals surface area contributed by atoms with E-state index in [-0.39, 0.29) is 46.1 Å². The van der Waals surface area contributed by atoms with Crippen LogP contribution in [0.1, 0.15) is 58.8 Å². The number of rotatable bonds is 10. The summed E-state index contributed by atoms with van der Waals surface area (Å²) in [6, 6.07) is -4.44. The first kappa shape index (κ1) is 18.0. The predicted molar refractivity (Wildman–Crippen MR) is 133 cm³/mol. The highest BCUT2D eigenvalue weighted by molar-refractivity contribution is 7.99. The van der Waals surface area contributed by atoms with E-state index in [0.29, 0.717) is 5.75 Å². The van der Waals surface area contributed by atoms with Crippen LogP contribution in [0, 0.1) is 12.7 Å². The number of hydrogen-bond acceptors (Lipinski definition) is 10. The van der Waals surface area contributed by atoms with Gasteiger partial charge in [-0.1, -0.05) is 36.0 Å². The van der Waals surface area contributed by atoms with E-state index >= 15 is 0 Å². The van der Waals surface area contributed by atoms with Crippen LogP contribution in [0.15, 0.2) is 23.3 Å². The van der Waals surface area contributed by atoms with Crippen LogP contribution in [-0.4, -0.2) is 83.5 Å². The molecule has 2 aliphatic rings. The second-order valence-corrected chi connectivity index (χ2v) is 9.71. The SMILES string of the molecule is [2H]c1c([2H])c([C@]2([2H])C[C@@]2([2H])Nc2nc(SCCC)nc3c2nnn3[C@@H]2C[C@H](OCC([2H])([2H])O)[C@@H](O)[C@H]2O)c([2H])c(F)c1C. The molecule has 0 saturated heterocycles. The van der Waals surface area contributed by atoms with Gasteiger partial charge in [0.15, 0.2) is 22.1 Å². The van der Waals surface area contributed by atoms with Crippen LogP contribution in [0.2, 0.25) is 0 Å². The Kier molecular flexibility index (Phi) is 5.26. The maximum Gasteiger partial charge on any atom is 0.191 e. The summed E-state index contributed by atoms with van der Waals surface area (Å²) in [6.07, 6.45) is -3.36. The van der Waals surface area contributed by atoms with Gasteiger partial charge in [-0.15, -0.1) is 5.10 Å². The van der Waals surface area contributed by atoms with Gasteiger partial charge < -0.3 is 25.4 Å². The summed E-state index contributed by atoms with van der Waals surface area (Å²) < 4.78 is 78.4. The summed E-state index contributed by atoms with van der Waals surface area (Å²) in [7, 11) is 0. The molecule has 1 aromatic carbocycles. The number of nitrogens with one attached hydrogen (secondary N) is 1. The standard InChI is InChI=1S/C24H31FN6O4S/c1-3-8-36-24-27-22(26-16-10-14(16)13-5-4-12(2)15(25)9-13)19-23(28-24)31(30-29-19)17-11-18(35-7-6-32)21(34)20(17)33/h4-5,9,14,16-18,20-21,32-34H,3,6-8,10-11H2,1-2H3,(H,26,27,28)/t14-,16+,17+,18-,20-,21+/m0/s1/i4D,5D,6D2,9D,14D,16D. The van der Waals surface area contributed by atoms with Gasteiger partial charge in [-0.2, -0.15) is 0 Å². The average molecular weight is 526 g/mol. The molecule has 2 aromatic heterocycles. The van der Waals surface area contributed by atoms with Crippen LogP contribution < -0.4 is 5.32 Å². The third kappa shape index (κ3) is 4.92. The molecule has 2 heterocycles. The van der Waals surface area contributed by atoms with Gasteiger partial charge in [-0.05, 0) is 36.9 Å². The van der Waals surface area contributed by atoms with Gasteiger partial charge in [0, 0.05) is 25.5 Å². The van der Waals surface area contributed by atoms with Crippen molar-refractivity contribution in [3.8, 4) is 0 Å². The van der Waals surface area contributed by atoms with E-state index in [4.69, 9.17) is 14.3 Å². The molecule has 0 bridgehead atoms. The van der Waals surface area contributed by atoms with E-state index in [0.717, 1.165) is 6.42 Å². The van der Waals surface area contributed by atoms with Crippen LogP contribution in [0.5, 0.6) is 0 Å². The molecule has 2 aliphatic carbocycles. The Balaban J connectivity index is 1.51. The molecular formula is C24H31FN6O4S. The number of halogens is 1. The number of aromatic nitrogens is 5. The smallest absolute Gasteiger partial charge is 0.191 e. The molecule has 6 atom stereocenters. The van der Waals surface area contributed by atoms with Gasteiger partial charge in [-0.3, -0.25) is 0 Å². The van der Waals surface area contributed by atoms with Crippen molar-refractivity contribution in [3.63, 3.8) is 0 Å². The fourth-order valence-electron chi connectivity index (χ4n) is 4.13. The summed E-state index contributed by atoms with van der Waals surface area (Å²) in [4.78, 5) is 9.00. The number of aliphatic hydroxyl groups is 3. The Morgan fingerprint density at radius 2 is 2.17 bits per heavy atom. The number of thioether (sulfide) groups is 1. The monoisotopic (exact) mass is 525 g/mol. The van der Waals surface area contributed by atoms with Crippen molar-refractivity contribution in [1.82, 2.24) is 25.0 Å². The Morgan fingerprint density at radius 3 is 2.94 bits per heavy atom. The van der Waals surface area contributed by atoms with E-state index in [2.05, 4.69) is 25.6 Å². The first-order valence-corrected chi connectivity index (χ1v) is 12.5. The van der Waals surface area contributed by atoms with Crippen molar-refractivity contribution in [2.75, 3.05) is 24.2 Å². The largest absolute Gasteiger partial charge is 0.394 e.